The second kappa shape index (κ2) is 16.9. The number of ether oxygens (including phenoxy) is 2. The average Bonchev–Trinajstić information content (AvgIpc) is 2.87. The number of Topliss-reactive ketones (excluding diaryl/α,β-unsaturated/α-hetero) is 2. The number of carbonyl (C=O) groups is 2. The molecule has 0 fully saturated rings. The lowest BCUT2D eigenvalue weighted by atomic mass is 10.0. The van der Waals surface area contributed by atoms with Gasteiger partial charge in [0.05, 0.1) is 13.2 Å². The van der Waals surface area contributed by atoms with E-state index in [1.165, 1.54) is 51.4 Å². The number of carbonyl (C=O) groups excluding carboxylic acids is 2. The number of unbranched alkanes of at least 4 members (excludes halogenated alkanes) is 10. The van der Waals surface area contributed by atoms with Gasteiger partial charge in [0.2, 0.25) is 11.6 Å². The van der Waals surface area contributed by atoms with Gasteiger partial charge in [-0.15, -0.1) is 0 Å². The summed E-state index contributed by atoms with van der Waals surface area (Å²) in [7, 11) is 0. The summed E-state index contributed by atoms with van der Waals surface area (Å²) in [5.74, 6) is 0.197. The largest absolute Gasteiger partial charge is 0.494 e. The number of hydrogen-bond acceptors (Lipinski definition) is 4. The van der Waals surface area contributed by atoms with Crippen LogP contribution in [0.25, 0.3) is 0 Å². The molecule has 0 aromatic heterocycles. The summed E-state index contributed by atoms with van der Waals surface area (Å²) in [5.41, 5.74) is 0.702. The summed E-state index contributed by atoms with van der Waals surface area (Å²) in [4.78, 5) is 25.6. The predicted octanol–water partition coefficient (Wildman–Crippen LogP) is 8.23. The molecular formula is C30H42O4. The Morgan fingerprint density at radius 2 is 0.941 bits per heavy atom. The molecule has 0 aliphatic carbocycles. The summed E-state index contributed by atoms with van der Waals surface area (Å²) in [5, 5.41) is 0. The van der Waals surface area contributed by atoms with Gasteiger partial charge < -0.3 is 9.47 Å². The van der Waals surface area contributed by atoms with Crippen LogP contribution in [-0.4, -0.2) is 24.8 Å². The fraction of sp³-hybridized carbons (Fsp3) is 0.533. The Balaban J connectivity index is 1.82. The van der Waals surface area contributed by atoms with Crippen molar-refractivity contribution in [2.45, 2.75) is 90.9 Å². The first-order chi connectivity index (χ1) is 16.7. The molecule has 0 N–H and O–H groups in total. The first-order valence-corrected chi connectivity index (χ1v) is 13.2. The van der Waals surface area contributed by atoms with Gasteiger partial charge in [-0.05, 0) is 37.1 Å². The van der Waals surface area contributed by atoms with E-state index in [4.69, 9.17) is 9.47 Å². The molecule has 2 aromatic carbocycles. The second-order valence-corrected chi connectivity index (χ2v) is 8.95. The quantitative estimate of drug-likeness (QED) is 0.119. The molecule has 0 aliphatic heterocycles. The average molecular weight is 467 g/mol. The maximum Gasteiger partial charge on any atom is 0.233 e. The van der Waals surface area contributed by atoms with Crippen molar-refractivity contribution in [2.24, 2.45) is 0 Å². The molecule has 0 aliphatic rings. The van der Waals surface area contributed by atoms with Crippen LogP contribution in [0.1, 0.15) is 112 Å². The third-order valence-corrected chi connectivity index (χ3v) is 5.93. The van der Waals surface area contributed by atoms with Crippen LogP contribution in [0.4, 0.5) is 0 Å². The summed E-state index contributed by atoms with van der Waals surface area (Å²) < 4.78 is 11.6. The standard InChI is InChI=1S/C30H42O4/c1-3-5-7-9-11-13-21-33-27-19-15-17-25(23-27)29(31)30(32)26-18-16-20-28(24-26)34-22-14-12-10-8-6-4-2/h15-20,23-24H,3-14,21-22H2,1-2H3. The molecule has 4 heteroatoms. The summed E-state index contributed by atoms with van der Waals surface area (Å²) in [6.45, 7) is 5.67. The van der Waals surface area contributed by atoms with Crippen LogP contribution in [0.15, 0.2) is 48.5 Å². The highest BCUT2D eigenvalue weighted by molar-refractivity contribution is 6.49. The maximum absolute atomic E-state index is 12.8. The van der Waals surface area contributed by atoms with E-state index in [1.54, 1.807) is 36.4 Å². The molecule has 2 rings (SSSR count). The number of hydrogen-bond donors (Lipinski definition) is 0. The SMILES string of the molecule is CCCCCCCCOc1cccc(C(=O)C(=O)c2cccc(OCCCCCCCC)c2)c1. The Kier molecular flexibility index (Phi) is 13.7. The molecule has 2 aromatic rings. The van der Waals surface area contributed by atoms with E-state index in [2.05, 4.69) is 13.8 Å². The van der Waals surface area contributed by atoms with Gasteiger partial charge in [0.1, 0.15) is 11.5 Å². The molecule has 0 saturated carbocycles. The normalized spacial score (nSPS) is 10.8. The Bertz CT molecular complexity index is 787. The molecule has 0 radical (unpaired) electrons. The van der Waals surface area contributed by atoms with Crippen LogP contribution >= 0.6 is 0 Å². The minimum absolute atomic E-state index is 0.351. The topological polar surface area (TPSA) is 52.6 Å². The lowest BCUT2D eigenvalue weighted by Crippen LogP contribution is -2.14. The molecule has 4 nitrogen and oxygen atoms in total. The zero-order chi connectivity index (χ0) is 24.4. The van der Waals surface area contributed by atoms with Crippen molar-refractivity contribution < 1.29 is 19.1 Å². The minimum Gasteiger partial charge on any atom is -0.494 e. The number of rotatable bonds is 19. The number of ketones is 2. The van der Waals surface area contributed by atoms with Crippen molar-refractivity contribution in [3.05, 3.63) is 59.7 Å². The van der Waals surface area contributed by atoms with Crippen molar-refractivity contribution in [3.8, 4) is 11.5 Å². The molecule has 186 valence electrons. The molecule has 34 heavy (non-hydrogen) atoms. The molecule has 0 amide bonds. The second-order valence-electron chi connectivity index (χ2n) is 8.95. The van der Waals surface area contributed by atoms with Gasteiger partial charge in [-0.1, -0.05) is 102 Å². The van der Waals surface area contributed by atoms with Gasteiger partial charge in [-0.2, -0.15) is 0 Å². The van der Waals surface area contributed by atoms with Gasteiger partial charge in [0, 0.05) is 11.1 Å². The van der Waals surface area contributed by atoms with E-state index in [1.807, 2.05) is 12.1 Å². The van der Waals surface area contributed by atoms with E-state index < -0.39 is 11.6 Å². The molecular weight excluding hydrogens is 424 g/mol. The lowest BCUT2D eigenvalue weighted by molar-refractivity contribution is 0.0816. The summed E-state index contributed by atoms with van der Waals surface area (Å²) >= 11 is 0. The van der Waals surface area contributed by atoms with Gasteiger partial charge in [0.25, 0.3) is 0 Å². The smallest absolute Gasteiger partial charge is 0.233 e. The van der Waals surface area contributed by atoms with E-state index in [9.17, 15) is 9.59 Å². The molecule has 0 saturated heterocycles. The van der Waals surface area contributed by atoms with Gasteiger partial charge in [0.15, 0.2) is 0 Å². The fourth-order valence-corrected chi connectivity index (χ4v) is 3.86. The Labute approximate surface area is 206 Å². The highest BCUT2D eigenvalue weighted by atomic mass is 16.5. The minimum atomic E-state index is -0.530. The highest BCUT2D eigenvalue weighted by Gasteiger charge is 2.19. The zero-order valence-corrected chi connectivity index (χ0v) is 21.2. The van der Waals surface area contributed by atoms with Gasteiger partial charge >= 0.3 is 0 Å². The van der Waals surface area contributed by atoms with Crippen molar-refractivity contribution in [1.29, 1.82) is 0 Å². The van der Waals surface area contributed by atoms with Gasteiger partial charge in [-0.25, -0.2) is 0 Å². The van der Waals surface area contributed by atoms with E-state index >= 15 is 0 Å². The number of benzene rings is 2. The maximum atomic E-state index is 12.8. The highest BCUT2D eigenvalue weighted by Crippen LogP contribution is 2.19. The van der Waals surface area contributed by atoms with Crippen molar-refractivity contribution in [2.75, 3.05) is 13.2 Å². The summed E-state index contributed by atoms with van der Waals surface area (Å²) in [6.07, 6.45) is 14.3. The first-order valence-electron chi connectivity index (χ1n) is 13.2. The predicted molar refractivity (Wildman–Crippen MR) is 139 cm³/mol. The molecule has 0 spiro atoms. The molecule has 0 heterocycles. The third-order valence-electron chi connectivity index (χ3n) is 5.93. The van der Waals surface area contributed by atoms with Crippen molar-refractivity contribution >= 4 is 11.6 Å². The molecule has 0 atom stereocenters. The van der Waals surface area contributed by atoms with E-state index in [-0.39, 0.29) is 0 Å². The van der Waals surface area contributed by atoms with Crippen molar-refractivity contribution in [1.82, 2.24) is 0 Å². The monoisotopic (exact) mass is 466 g/mol. The Hall–Kier alpha value is -2.62. The van der Waals surface area contributed by atoms with Gasteiger partial charge in [-0.3, -0.25) is 9.59 Å². The van der Waals surface area contributed by atoms with Crippen LogP contribution in [0.5, 0.6) is 11.5 Å². The zero-order valence-electron chi connectivity index (χ0n) is 21.2. The van der Waals surface area contributed by atoms with Crippen LogP contribution in [0.2, 0.25) is 0 Å². The van der Waals surface area contributed by atoms with E-state index in [0.29, 0.717) is 35.8 Å². The van der Waals surface area contributed by atoms with Crippen LogP contribution in [0, 0.1) is 0 Å². The summed E-state index contributed by atoms with van der Waals surface area (Å²) in [6, 6.07) is 13.8. The molecule has 0 unspecified atom stereocenters. The first kappa shape index (κ1) is 27.6. The van der Waals surface area contributed by atoms with E-state index in [0.717, 1.165) is 25.7 Å². The van der Waals surface area contributed by atoms with Crippen LogP contribution < -0.4 is 9.47 Å². The fourth-order valence-electron chi connectivity index (χ4n) is 3.86. The Morgan fingerprint density at radius 1 is 0.559 bits per heavy atom. The Morgan fingerprint density at radius 3 is 1.35 bits per heavy atom. The third kappa shape index (κ3) is 10.5. The molecule has 0 bridgehead atoms. The van der Waals surface area contributed by atoms with Crippen LogP contribution in [-0.2, 0) is 0 Å². The van der Waals surface area contributed by atoms with Crippen molar-refractivity contribution in [3.63, 3.8) is 0 Å². The van der Waals surface area contributed by atoms with Crippen LogP contribution in [0.3, 0.4) is 0 Å². The lowest BCUT2D eigenvalue weighted by Gasteiger charge is -2.09.